The molecule has 0 saturated carbocycles. The third-order valence-electron chi connectivity index (χ3n) is 2.19. The Bertz CT molecular complexity index is 410. The number of amides is 1. The van der Waals surface area contributed by atoms with Crippen molar-refractivity contribution in [3.8, 4) is 0 Å². The number of hydrogen-bond donors (Lipinski definition) is 2. The highest BCUT2D eigenvalue weighted by Crippen LogP contribution is 1.95. The zero-order chi connectivity index (χ0) is 14.1. The van der Waals surface area contributed by atoms with E-state index in [0.717, 1.165) is 12.0 Å². The summed E-state index contributed by atoms with van der Waals surface area (Å²) in [6.07, 6.45) is 3.80. The molecule has 104 valence electrons. The number of pyridine rings is 1. The summed E-state index contributed by atoms with van der Waals surface area (Å²) in [6.45, 7) is 4.95. The van der Waals surface area contributed by atoms with E-state index in [9.17, 15) is 4.79 Å². The predicted octanol–water partition coefficient (Wildman–Crippen LogP) is 1.88. The average Bonchev–Trinajstić information content (AvgIpc) is 2.37. The van der Waals surface area contributed by atoms with Crippen LogP contribution in [0.3, 0.4) is 0 Å². The number of rotatable bonds is 5. The maximum absolute atomic E-state index is 11.3. The van der Waals surface area contributed by atoms with Gasteiger partial charge >= 0.3 is 6.09 Å². The summed E-state index contributed by atoms with van der Waals surface area (Å²) in [6, 6.07) is 3.87. The molecule has 0 unspecified atom stereocenters. The first-order valence-electron chi connectivity index (χ1n) is 6.18. The van der Waals surface area contributed by atoms with Crippen molar-refractivity contribution < 1.29 is 9.53 Å². The van der Waals surface area contributed by atoms with E-state index >= 15 is 0 Å². The van der Waals surface area contributed by atoms with Gasteiger partial charge in [0.25, 0.3) is 0 Å². The second-order valence-electron chi connectivity index (χ2n) is 4.48. The molecule has 0 radical (unpaired) electrons. The summed E-state index contributed by atoms with van der Waals surface area (Å²) in [4.78, 5) is 15.3. The monoisotopic (exact) mass is 281 g/mol. The van der Waals surface area contributed by atoms with Gasteiger partial charge in [-0.05, 0) is 36.2 Å². The van der Waals surface area contributed by atoms with Gasteiger partial charge < -0.3 is 10.1 Å². The van der Waals surface area contributed by atoms with Crippen LogP contribution in [0.2, 0.25) is 0 Å². The van der Waals surface area contributed by atoms with Crippen molar-refractivity contribution >= 4 is 23.4 Å². The summed E-state index contributed by atoms with van der Waals surface area (Å²) < 4.78 is 4.95. The first-order chi connectivity index (χ1) is 9.08. The summed E-state index contributed by atoms with van der Waals surface area (Å²) >= 11 is 4.99. The van der Waals surface area contributed by atoms with E-state index in [-0.39, 0.29) is 5.11 Å². The van der Waals surface area contributed by atoms with Crippen LogP contribution >= 0.6 is 12.2 Å². The van der Waals surface area contributed by atoms with Crippen LogP contribution in [-0.4, -0.2) is 29.3 Å². The van der Waals surface area contributed by atoms with Crippen molar-refractivity contribution in [2.75, 3.05) is 13.2 Å². The van der Waals surface area contributed by atoms with Gasteiger partial charge in [-0.2, -0.15) is 0 Å². The molecule has 0 aliphatic rings. The minimum atomic E-state index is -0.521. The maximum atomic E-state index is 11.3. The highest BCUT2D eigenvalue weighted by atomic mass is 32.1. The lowest BCUT2D eigenvalue weighted by Crippen LogP contribution is -2.40. The lowest BCUT2D eigenvalue weighted by Gasteiger charge is -2.11. The van der Waals surface area contributed by atoms with Crippen molar-refractivity contribution in [2.24, 2.45) is 5.92 Å². The smallest absolute Gasteiger partial charge is 0.413 e. The first-order valence-corrected chi connectivity index (χ1v) is 6.59. The topological polar surface area (TPSA) is 63.2 Å². The zero-order valence-corrected chi connectivity index (χ0v) is 12.0. The summed E-state index contributed by atoms with van der Waals surface area (Å²) in [5.74, 6) is 0.304. The lowest BCUT2D eigenvalue weighted by molar-refractivity contribution is 0.138. The minimum absolute atomic E-state index is 0.276. The van der Waals surface area contributed by atoms with Gasteiger partial charge in [0.15, 0.2) is 5.11 Å². The zero-order valence-electron chi connectivity index (χ0n) is 11.2. The van der Waals surface area contributed by atoms with Crippen LogP contribution in [0, 0.1) is 5.92 Å². The van der Waals surface area contributed by atoms with Gasteiger partial charge in [0.1, 0.15) is 0 Å². The van der Waals surface area contributed by atoms with E-state index in [1.54, 1.807) is 12.4 Å². The van der Waals surface area contributed by atoms with Crippen LogP contribution in [0.25, 0.3) is 0 Å². The number of alkyl carbamates (subject to hydrolysis) is 1. The Morgan fingerprint density at radius 1 is 1.53 bits per heavy atom. The molecule has 1 heterocycles. The molecule has 0 fully saturated rings. The number of nitrogens with zero attached hydrogens (tertiary/aromatic N) is 1. The summed E-state index contributed by atoms with van der Waals surface area (Å²) in [5, 5.41) is 5.68. The van der Waals surface area contributed by atoms with Crippen LogP contribution in [0.4, 0.5) is 4.79 Å². The van der Waals surface area contributed by atoms with Crippen molar-refractivity contribution in [1.29, 1.82) is 0 Å². The molecule has 1 aromatic rings. The number of thiocarbonyl (C=S) groups is 1. The average molecular weight is 281 g/mol. The van der Waals surface area contributed by atoms with Crippen molar-refractivity contribution in [1.82, 2.24) is 15.6 Å². The Hall–Kier alpha value is -1.69. The molecular weight excluding hydrogens is 262 g/mol. The molecule has 0 saturated heterocycles. The largest absolute Gasteiger partial charge is 0.449 e. The molecule has 1 amide bonds. The number of carbonyl (C=O) groups is 1. The fraction of sp³-hybridized carbons (Fsp3) is 0.462. The molecule has 0 aliphatic heterocycles. The molecule has 0 bridgehead atoms. The Kier molecular flexibility index (Phi) is 6.81. The molecule has 0 aliphatic carbocycles. The molecular formula is C13H19N3O2S. The lowest BCUT2D eigenvalue weighted by atomic mass is 10.2. The second-order valence-corrected chi connectivity index (χ2v) is 4.89. The highest BCUT2D eigenvalue weighted by molar-refractivity contribution is 7.80. The Balaban J connectivity index is 2.16. The van der Waals surface area contributed by atoms with Gasteiger partial charge in [0.2, 0.25) is 0 Å². The molecule has 19 heavy (non-hydrogen) atoms. The number of carbonyl (C=O) groups excluding carboxylic acids is 1. The number of hydrogen-bond acceptors (Lipinski definition) is 4. The van der Waals surface area contributed by atoms with E-state index in [0.29, 0.717) is 19.1 Å². The fourth-order valence-corrected chi connectivity index (χ4v) is 1.47. The number of aromatic nitrogens is 1. The van der Waals surface area contributed by atoms with E-state index < -0.39 is 6.09 Å². The normalized spacial score (nSPS) is 10.1. The quantitative estimate of drug-likeness (QED) is 0.807. The SMILES string of the molecule is CC(C)COC(=O)NC(=S)NCCc1cccnc1. The standard InChI is InChI=1S/C13H19N3O2S/c1-10(2)9-18-13(17)16-12(19)15-7-5-11-4-3-6-14-8-11/h3-4,6,8,10H,5,7,9H2,1-2H3,(H2,15,16,17,19). The molecule has 5 nitrogen and oxygen atoms in total. The molecule has 1 aromatic heterocycles. The fourth-order valence-electron chi connectivity index (χ4n) is 1.28. The van der Waals surface area contributed by atoms with Gasteiger partial charge in [0.05, 0.1) is 6.61 Å². The second kappa shape index (κ2) is 8.42. The van der Waals surface area contributed by atoms with E-state index in [1.807, 2.05) is 26.0 Å². The van der Waals surface area contributed by atoms with Crippen molar-refractivity contribution in [3.63, 3.8) is 0 Å². The first kappa shape index (κ1) is 15.4. The molecule has 2 N–H and O–H groups in total. The summed E-state index contributed by atoms with van der Waals surface area (Å²) in [5.41, 5.74) is 1.11. The van der Waals surface area contributed by atoms with Crippen LogP contribution in [0.5, 0.6) is 0 Å². The molecule has 6 heteroatoms. The minimum Gasteiger partial charge on any atom is -0.449 e. The van der Waals surface area contributed by atoms with Crippen LogP contribution < -0.4 is 10.6 Å². The third kappa shape index (κ3) is 7.35. The Morgan fingerprint density at radius 3 is 2.95 bits per heavy atom. The van der Waals surface area contributed by atoms with Gasteiger partial charge in [-0.25, -0.2) is 4.79 Å². The molecule has 0 atom stereocenters. The van der Waals surface area contributed by atoms with Gasteiger partial charge in [-0.15, -0.1) is 0 Å². The van der Waals surface area contributed by atoms with Crippen LogP contribution in [0.15, 0.2) is 24.5 Å². The highest BCUT2D eigenvalue weighted by Gasteiger charge is 2.05. The third-order valence-corrected chi connectivity index (χ3v) is 2.43. The van der Waals surface area contributed by atoms with Crippen molar-refractivity contribution in [2.45, 2.75) is 20.3 Å². The Labute approximate surface area is 118 Å². The Morgan fingerprint density at radius 2 is 2.32 bits per heavy atom. The van der Waals surface area contributed by atoms with Crippen LogP contribution in [-0.2, 0) is 11.2 Å². The van der Waals surface area contributed by atoms with Gasteiger partial charge in [0, 0.05) is 18.9 Å². The van der Waals surface area contributed by atoms with Gasteiger partial charge in [-0.3, -0.25) is 10.3 Å². The number of ether oxygens (including phenoxy) is 1. The van der Waals surface area contributed by atoms with Crippen molar-refractivity contribution in [3.05, 3.63) is 30.1 Å². The molecule has 0 spiro atoms. The van der Waals surface area contributed by atoms with Crippen LogP contribution in [0.1, 0.15) is 19.4 Å². The van der Waals surface area contributed by atoms with E-state index in [2.05, 4.69) is 15.6 Å². The van der Waals surface area contributed by atoms with E-state index in [4.69, 9.17) is 17.0 Å². The van der Waals surface area contributed by atoms with E-state index in [1.165, 1.54) is 0 Å². The summed E-state index contributed by atoms with van der Waals surface area (Å²) in [7, 11) is 0. The molecule has 1 rings (SSSR count). The number of nitrogens with one attached hydrogen (secondary N) is 2. The predicted molar refractivity (Wildman–Crippen MR) is 77.9 cm³/mol. The van der Waals surface area contributed by atoms with Gasteiger partial charge in [-0.1, -0.05) is 19.9 Å². The molecule has 0 aromatic carbocycles. The maximum Gasteiger partial charge on any atom is 0.413 e.